The predicted molar refractivity (Wildman–Crippen MR) is 129 cm³/mol. The van der Waals surface area contributed by atoms with Gasteiger partial charge >= 0.3 is 0 Å². The van der Waals surface area contributed by atoms with Crippen molar-refractivity contribution in [2.45, 2.75) is 59.0 Å². The Bertz CT molecular complexity index is 1170. The van der Waals surface area contributed by atoms with Crippen molar-refractivity contribution >= 4 is 5.95 Å². The van der Waals surface area contributed by atoms with Crippen LogP contribution in [0.15, 0.2) is 42.6 Å². The maximum Gasteiger partial charge on any atom is 0.224 e. The van der Waals surface area contributed by atoms with Crippen LogP contribution in [0.4, 0.5) is 5.95 Å². The summed E-state index contributed by atoms with van der Waals surface area (Å²) in [5, 5.41) is 19.2. The van der Waals surface area contributed by atoms with Crippen LogP contribution in [0.2, 0.25) is 0 Å². The molecule has 0 atom stereocenters. The largest absolute Gasteiger partial charge is 0.339 e. The summed E-state index contributed by atoms with van der Waals surface area (Å²) in [6.45, 7) is 9.32. The Kier molecular flexibility index (Phi) is 6.48. The number of rotatable bonds is 8. The Morgan fingerprint density at radius 1 is 1.06 bits per heavy atom. The van der Waals surface area contributed by atoms with Crippen LogP contribution in [0, 0.1) is 0 Å². The first kappa shape index (κ1) is 22.6. The van der Waals surface area contributed by atoms with Gasteiger partial charge in [0.25, 0.3) is 0 Å². The van der Waals surface area contributed by atoms with E-state index in [0.717, 1.165) is 53.4 Å². The average molecular weight is 446 g/mol. The molecule has 0 bridgehead atoms. The highest BCUT2D eigenvalue weighted by molar-refractivity contribution is 5.78. The van der Waals surface area contributed by atoms with Crippen molar-refractivity contribution in [3.8, 4) is 22.6 Å². The van der Waals surface area contributed by atoms with Crippen molar-refractivity contribution in [1.29, 1.82) is 0 Å². The average Bonchev–Trinajstić information content (AvgIpc) is 3.47. The van der Waals surface area contributed by atoms with E-state index in [4.69, 9.17) is 15.1 Å². The molecule has 172 valence electrons. The summed E-state index contributed by atoms with van der Waals surface area (Å²) in [4.78, 5) is 11.8. The first-order valence-corrected chi connectivity index (χ1v) is 11.3. The molecule has 0 amide bonds. The Hall–Kier alpha value is -3.62. The minimum absolute atomic E-state index is 0.0617. The number of nitrogens with one attached hydrogen (secondary N) is 1. The van der Waals surface area contributed by atoms with Crippen LogP contribution in [0.3, 0.4) is 0 Å². The molecule has 4 rings (SSSR count). The van der Waals surface area contributed by atoms with Crippen molar-refractivity contribution in [2.24, 2.45) is 0 Å². The van der Waals surface area contributed by atoms with Gasteiger partial charge in [-0.25, -0.2) is 4.68 Å². The Balaban J connectivity index is 1.61. The second-order valence-corrected chi connectivity index (χ2v) is 9.15. The van der Waals surface area contributed by atoms with Crippen LogP contribution in [-0.4, -0.2) is 53.0 Å². The summed E-state index contributed by atoms with van der Waals surface area (Å²) in [5.74, 6) is 2.32. The number of anilines is 1. The lowest BCUT2D eigenvalue weighted by Gasteiger charge is -2.32. The summed E-state index contributed by atoms with van der Waals surface area (Å²) in [6.07, 6.45) is 4.99. The summed E-state index contributed by atoms with van der Waals surface area (Å²) >= 11 is 0. The number of aromatic nitrogens is 8. The van der Waals surface area contributed by atoms with E-state index >= 15 is 0 Å². The number of pyridine rings is 1. The van der Waals surface area contributed by atoms with E-state index in [2.05, 4.69) is 66.3 Å². The standard InChI is InChI=1S/C24H31N9/c1-6-7-12-21-26-23(32(5)24(2,3)4)33(29-21)16-17-13-14-20(25-15-17)18-10-8-9-11-19(18)22-27-30-31-28-22/h8-11,13-15H,6-7,12,16H2,1-5H3,(H,27,28,30,31). The van der Waals surface area contributed by atoms with Crippen molar-refractivity contribution in [2.75, 3.05) is 11.9 Å². The van der Waals surface area contributed by atoms with Gasteiger partial charge in [-0.2, -0.15) is 15.3 Å². The topological polar surface area (TPSA) is 101 Å². The molecule has 0 aliphatic carbocycles. The van der Waals surface area contributed by atoms with Crippen molar-refractivity contribution in [3.63, 3.8) is 0 Å². The highest BCUT2D eigenvalue weighted by Gasteiger charge is 2.23. The van der Waals surface area contributed by atoms with Gasteiger partial charge in [-0.1, -0.05) is 43.7 Å². The molecule has 1 N–H and O–H groups in total. The van der Waals surface area contributed by atoms with E-state index in [1.54, 1.807) is 0 Å². The molecule has 0 saturated heterocycles. The molecular weight excluding hydrogens is 414 g/mol. The summed E-state index contributed by atoms with van der Waals surface area (Å²) in [6, 6.07) is 12.0. The molecular formula is C24H31N9. The van der Waals surface area contributed by atoms with E-state index in [9.17, 15) is 0 Å². The van der Waals surface area contributed by atoms with Crippen LogP contribution >= 0.6 is 0 Å². The second kappa shape index (κ2) is 9.48. The number of hydrogen-bond donors (Lipinski definition) is 1. The van der Waals surface area contributed by atoms with Gasteiger partial charge < -0.3 is 4.90 Å². The molecule has 3 aromatic heterocycles. The smallest absolute Gasteiger partial charge is 0.224 e. The van der Waals surface area contributed by atoms with E-state index in [-0.39, 0.29) is 5.54 Å². The fraction of sp³-hybridized carbons (Fsp3) is 0.417. The highest BCUT2D eigenvalue weighted by atomic mass is 15.5. The molecule has 0 aliphatic rings. The van der Waals surface area contributed by atoms with Crippen LogP contribution < -0.4 is 4.90 Å². The zero-order valence-electron chi connectivity index (χ0n) is 19.9. The quantitative estimate of drug-likeness (QED) is 0.435. The summed E-state index contributed by atoms with van der Waals surface area (Å²) in [7, 11) is 2.07. The second-order valence-electron chi connectivity index (χ2n) is 9.15. The van der Waals surface area contributed by atoms with E-state index in [1.807, 2.05) is 41.2 Å². The number of tetrazole rings is 1. The number of unbranched alkanes of at least 4 members (excludes halogenated alkanes) is 1. The number of aromatic amines is 1. The van der Waals surface area contributed by atoms with Crippen molar-refractivity contribution in [3.05, 3.63) is 54.0 Å². The zero-order valence-corrected chi connectivity index (χ0v) is 19.9. The zero-order chi connectivity index (χ0) is 23.4. The Morgan fingerprint density at radius 2 is 1.85 bits per heavy atom. The molecule has 9 nitrogen and oxygen atoms in total. The summed E-state index contributed by atoms with van der Waals surface area (Å²) in [5.41, 5.74) is 3.70. The molecule has 3 heterocycles. The lowest BCUT2D eigenvalue weighted by Crippen LogP contribution is -2.40. The minimum Gasteiger partial charge on any atom is -0.339 e. The Morgan fingerprint density at radius 3 is 2.48 bits per heavy atom. The molecule has 9 heteroatoms. The van der Waals surface area contributed by atoms with Gasteiger partial charge in [-0.15, -0.1) is 10.2 Å². The highest BCUT2D eigenvalue weighted by Crippen LogP contribution is 2.28. The van der Waals surface area contributed by atoms with Gasteiger partial charge in [0.2, 0.25) is 11.8 Å². The first-order chi connectivity index (χ1) is 15.9. The lowest BCUT2D eigenvalue weighted by molar-refractivity contribution is 0.511. The van der Waals surface area contributed by atoms with Crippen molar-refractivity contribution in [1.82, 2.24) is 40.4 Å². The molecule has 4 aromatic rings. The monoisotopic (exact) mass is 445 g/mol. The lowest BCUT2D eigenvalue weighted by atomic mass is 10.0. The van der Waals surface area contributed by atoms with Gasteiger partial charge in [0.15, 0.2) is 5.82 Å². The molecule has 0 unspecified atom stereocenters. The maximum absolute atomic E-state index is 4.85. The van der Waals surface area contributed by atoms with Crippen LogP contribution in [0.1, 0.15) is 51.9 Å². The third-order valence-corrected chi connectivity index (χ3v) is 5.70. The fourth-order valence-corrected chi connectivity index (χ4v) is 3.50. The third-order valence-electron chi connectivity index (χ3n) is 5.70. The predicted octanol–water partition coefficient (Wildman–Crippen LogP) is 4.15. The van der Waals surface area contributed by atoms with Crippen LogP contribution in [0.25, 0.3) is 22.6 Å². The number of aryl methyl sites for hydroxylation is 1. The SMILES string of the molecule is CCCCc1nc(N(C)C(C)(C)C)n(Cc2ccc(-c3ccccc3-c3nn[nH]n3)nc2)n1. The van der Waals surface area contributed by atoms with Gasteiger partial charge in [0, 0.05) is 36.3 Å². The minimum atomic E-state index is -0.0617. The molecule has 0 spiro atoms. The molecule has 1 aromatic carbocycles. The summed E-state index contributed by atoms with van der Waals surface area (Å²) < 4.78 is 1.99. The molecule has 0 aliphatic heterocycles. The van der Waals surface area contributed by atoms with Gasteiger partial charge in [0.05, 0.1) is 12.2 Å². The number of H-pyrrole nitrogens is 1. The normalized spacial score (nSPS) is 11.7. The van der Waals surface area contributed by atoms with Gasteiger partial charge in [-0.05, 0) is 44.0 Å². The molecule has 0 fully saturated rings. The van der Waals surface area contributed by atoms with Gasteiger partial charge in [-0.3, -0.25) is 4.98 Å². The number of benzene rings is 1. The van der Waals surface area contributed by atoms with Crippen LogP contribution in [0.5, 0.6) is 0 Å². The first-order valence-electron chi connectivity index (χ1n) is 11.3. The molecule has 33 heavy (non-hydrogen) atoms. The molecule has 0 saturated carbocycles. The van der Waals surface area contributed by atoms with Crippen LogP contribution in [-0.2, 0) is 13.0 Å². The fourth-order valence-electron chi connectivity index (χ4n) is 3.50. The van der Waals surface area contributed by atoms with E-state index in [1.165, 1.54) is 0 Å². The van der Waals surface area contributed by atoms with Crippen molar-refractivity contribution < 1.29 is 0 Å². The molecule has 0 radical (unpaired) electrons. The Labute approximate surface area is 194 Å². The van der Waals surface area contributed by atoms with E-state index in [0.29, 0.717) is 12.4 Å². The van der Waals surface area contributed by atoms with Gasteiger partial charge in [0.1, 0.15) is 0 Å². The van der Waals surface area contributed by atoms with E-state index < -0.39 is 0 Å². The number of nitrogens with zero attached hydrogens (tertiary/aromatic N) is 8. The maximum atomic E-state index is 4.85. The number of hydrogen-bond acceptors (Lipinski definition) is 7. The third kappa shape index (κ3) is 5.08.